The second kappa shape index (κ2) is 9.80. The molecule has 0 saturated heterocycles. The molecule has 0 bridgehead atoms. The van der Waals surface area contributed by atoms with Gasteiger partial charge in [-0.15, -0.1) is 0 Å². The summed E-state index contributed by atoms with van der Waals surface area (Å²) < 4.78 is 5.76. The first-order valence-corrected chi connectivity index (χ1v) is 8.56. The number of carboxylic acid groups (broad SMARTS) is 1. The summed E-state index contributed by atoms with van der Waals surface area (Å²) >= 11 is 5.88. The molecule has 144 valence electrons. The first-order chi connectivity index (χ1) is 12.9. The number of para-hydroxylation sites is 1. The highest BCUT2D eigenvalue weighted by molar-refractivity contribution is 6.30. The molecule has 7 nitrogen and oxygen atoms in total. The molecule has 0 radical (unpaired) electrons. The molecule has 8 heteroatoms. The Balaban J connectivity index is 2.11. The number of carbonyl (C=O) groups is 2. The molecule has 1 atom stereocenters. The summed E-state index contributed by atoms with van der Waals surface area (Å²) in [6.45, 7) is 0.0515. The topological polar surface area (TPSA) is 88.1 Å². The zero-order chi connectivity index (χ0) is 19.8. The molecular formula is C19H21ClN2O5. The molecule has 27 heavy (non-hydrogen) atoms. The van der Waals surface area contributed by atoms with E-state index in [-0.39, 0.29) is 12.5 Å². The number of ether oxygens (including phenoxy) is 1. The number of hydrogen-bond donors (Lipinski definition) is 2. The summed E-state index contributed by atoms with van der Waals surface area (Å²) in [5.74, 6) is -0.0201. The number of halogens is 1. The molecule has 0 saturated carbocycles. The Morgan fingerprint density at radius 2 is 1.85 bits per heavy atom. The van der Waals surface area contributed by atoms with Crippen molar-refractivity contribution < 1.29 is 24.3 Å². The predicted octanol–water partition coefficient (Wildman–Crippen LogP) is 3.23. The first-order valence-electron chi connectivity index (χ1n) is 8.18. The smallest absolute Gasteiger partial charge is 0.405 e. The van der Waals surface area contributed by atoms with E-state index in [1.165, 1.54) is 14.2 Å². The Hall–Kier alpha value is -2.77. The molecule has 2 N–H and O–H groups in total. The maximum absolute atomic E-state index is 12.3. The van der Waals surface area contributed by atoms with Crippen LogP contribution < -0.4 is 10.1 Å². The quantitative estimate of drug-likeness (QED) is 0.673. The lowest BCUT2D eigenvalue weighted by molar-refractivity contribution is -0.0758. The lowest BCUT2D eigenvalue weighted by atomic mass is 10.1. The van der Waals surface area contributed by atoms with E-state index in [1.807, 2.05) is 12.1 Å². The third-order valence-electron chi connectivity index (χ3n) is 3.84. The fraction of sp³-hybridized carbons (Fsp3) is 0.263. The lowest BCUT2D eigenvalue weighted by Crippen LogP contribution is -2.40. The average molecular weight is 393 g/mol. The molecule has 0 aromatic heterocycles. The van der Waals surface area contributed by atoms with Crippen LogP contribution in [0.1, 0.15) is 15.9 Å². The maximum atomic E-state index is 12.3. The van der Waals surface area contributed by atoms with Gasteiger partial charge in [0.25, 0.3) is 5.91 Å². The summed E-state index contributed by atoms with van der Waals surface area (Å²) in [6.07, 6.45) is -0.738. The van der Waals surface area contributed by atoms with Crippen molar-refractivity contribution in [3.05, 3.63) is 64.7 Å². The van der Waals surface area contributed by atoms with Crippen molar-refractivity contribution in [1.82, 2.24) is 10.4 Å². The van der Waals surface area contributed by atoms with Gasteiger partial charge in [-0.3, -0.25) is 9.63 Å². The second-order valence-electron chi connectivity index (χ2n) is 5.77. The number of carbonyl (C=O) groups excluding carboxylic acids is 1. The van der Waals surface area contributed by atoms with Crippen LogP contribution in [-0.4, -0.2) is 49.0 Å². The van der Waals surface area contributed by atoms with Gasteiger partial charge in [-0.1, -0.05) is 35.9 Å². The maximum Gasteiger partial charge on any atom is 0.405 e. The summed E-state index contributed by atoms with van der Waals surface area (Å²) in [6, 6.07) is 13.3. The van der Waals surface area contributed by atoms with Gasteiger partial charge in [0, 0.05) is 12.1 Å². The van der Waals surface area contributed by atoms with Crippen LogP contribution in [0.4, 0.5) is 4.79 Å². The van der Waals surface area contributed by atoms with Gasteiger partial charge in [-0.25, -0.2) is 9.86 Å². The van der Waals surface area contributed by atoms with Crippen molar-refractivity contribution in [3.8, 4) is 5.75 Å². The molecule has 2 amide bonds. The Kier molecular flexibility index (Phi) is 7.45. The van der Waals surface area contributed by atoms with Gasteiger partial charge in [0.15, 0.2) is 0 Å². The van der Waals surface area contributed by atoms with Gasteiger partial charge in [-0.2, -0.15) is 0 Å². The summed E-state index contributed by atoms with van der Waals surface area (Å²) in [4.78, 5) is 28.4. The minimum atomic E-state index is -1.15. The van der Waals surface area contributed by atoms with Crippen LogP contribution >= 0.6 is 11.6 Å². The van der Waals surface area contributed by atoms with Crippen LogP contribution in [0.5, 0.6) is 5.75 Å². The van der Waals surface area contributed by atoms with Crippen LogP contribution in [0.25, 0.3) is 0 Å². The number of nitrogens with one attached hydrogen (secondary N) is 1. The average Bonchev–Trinajstić information content (AvgIpc) is 2.66. The molecule has 0 aliphatic rings. The lowest BCUT2D eigenvalue weighted by Gasteiger charge is -2.20. The SMILES string of the molecule is CON(C)C(=O)c1ccccc1OCC(Cc1ccc(Cl)cc1)NC(=O)O. The van der Waals surface area contributed by atoms with Gasteiger partial charge in [-0.05, 0) is 36.2 Å². The van der Waals surface area contributed by atoms with Crippen LogP contribution in [-0.2, 0) is 11.3 Å². The van der Waals surface area contributed by atoms with Crippen LogP contribution in [0, 0.1) is 0 Å². The summed E-state index contributed by atoms with van der Waals surface area (Å²) in [5.41, 5.74) is 1.23. The molecular weight excluding hydrogens is 372 g/mol. The fourth-order valence-corrected chi connectivity index (χ4v) is 2.57. The minimum absolute atomic E-state index is 0.0515. The standard InChI is InChI=1S/C19H21ClN2O5/c1-22(26-2)18(23)16-5-3-4-6-17(16)27-12-15(21-19(24)25)11-13-7-9-14(20)10-8-13/h3-10,15,21H,11-12H2,1-2H3,(H,24,25). The van der Waals surface area contributed by atoms with E-state index in [9.17, 15) is 9.59 Å². The molecule has 2 rings (SSSR count). The molecule has 0 spiro atoms. The largest absolute Gasteiger partial charge is 0.491 e. The van der Waals surface area contributed by atoms with Gasteiger partial charge >= 0.3 is 6.09 Å². The van der Waals surface area contributed by atoms with E-state index in [1.54, 1.807) is 36.4 Å². The molecule has 0 fully saturated rings. The Labute approximate surface area is 162 Å². The first kappa shape index (κ1) is 20.5. The van der Waals surface area contributed by atoms with Crippen molar-refractivity contribution in [2.45, 2.75) is 12.5 Å². The van der Waals surface area contributed by atoms with E-state index >= 15 is 0 Å². The Morgan fingerprint density at radius 1 is 1.19 bits per heavy atom. The zero-order valence-corrected chi connectivity index (χ0v) is 15.8. The highest BCUT2D eigenvalue weighted by atomic mass is 35.5. The normalized spacial score (nSPS) is 11.5. The molecule has 0 aliphatic heterocycles. The van der Waals surface area contributed by atoms with Crippen molar-refractivity contribution in [2.75, 3.05) is 20.8 Å². The van der Waals surface area contributed by atoms with Gasteiger partial charge in [0.05, 0.1) is 18.7 Å². The Morgan fingerprint density at radius 3 is 2.48 bits per heavy atom. The molecule has 2 aromatic rings. The third kappa shape index (κ3) is 6.16. The van der Waals surface area contributed by atoms with E-state index in [4.69, 9.17) is 26.3 Å². The molecule has 0 heterocycles. The number of nitrogens with zero attached hydrogens (tertiary/aromatic N) is 1. The number of hydrogen-bond acceptors (Lipinski definition) is 4. The number of benzene rings is 2. The van der Waals surface area contributed by atoms with Crippen LogP contribution in [0.15, 0.2) is 48.5 Å². The Bertz CT molecular complexity index is 782. The highest BCUT2D eigenvalue weighted by Crippen LogP contribution is 2.20. The number of rotatable bonds is 8. The van der Waals surface area contributed by atoms with Gasteiger partial charge < -0.3 is 15.2 Å². The molecule has 1 unspecified atom stereocenters. The third-order valence-corrected chi connectivity index (χ3v) is 4.09. The van der Waals surface area contributed by atoms with E-state index in [2.05, 4.69) is 5.32 Å². The van der Waals surface area contributed by atoms with Crippen molar-refractivity contribution in [2.24, 2.45) is 0 Å². The fourth-order valence-electron chi connectivity index (χ4n) is 2.44. The minimum Gasteiger partial charge on any atom is -0.491 e. The van der Waals surface area contributed by atoms with Crippen molar-refractivity contribution in [1.29, 1.82) is 0 Å². The van der Waals surface area contributed by atoms with E-state index < -0.39 is 12.1 Å². The van der Waals surface area contributed by atoms with Crippen molar-refractivity contribution in [3.63, 3.8) is 0 Å². The number of amides is 2. The van der Waals surface area contributed by atoms with Gasteiger partial charge in [0.2, 0.25) is 0 Å². The van der Waals surface area contributed by atoms with Gasteiger partial charge in [0.1, 0.15) is 12.4 Å². The molecule has 2 aromatic carbocycles. The van der Waals surface area contributed by atoms with E-state index in [0.717, 1.165) is 10.6 Å². The molecule has 0 aliphatic carbocycles. The van der Waals surface area contributed by atoms with E-state index in [0.29, 0.717) is 22.8 Å². The monoisotopic (exact) mass is 392 g/mol. The summed E-state index contributed by atoms with van der Waals surface area (Å²) in [7, 11) is 2.88. The van der Waals surface area contributed by atoms with Crippen molar-refractivity contribution >= 4 is 23.6 Å². The number of hydroxylamine groups is 2. The van der Waals surface area contributed by atoms with Crippen LogP contribution in [0.3, 0.4) is 0 Å². The summed E-state index contributed by atoms with van der Waals surface area (Å²) in [5, 5.41) is 13.2. The highest BCUT2D eigenvalue weighted by Gasteiger charge is 2.19. The predicted molar refractivity (Wildman–Crippen MR) is 101 cm³/mol. The second-order valence-corrected chi connectivity index (χ2v) is 6.21. The zero-order valence-electron chi connectivity index (χ0n) is 15.0. The van der Waals surface area contributed by atoms with Crippen LogP contribution in [0.2, 0.25) is 5.02 Å².